The van der Waals surface area contributed by atoms with Gasteiger partial charge >= 0.3 is 11.8 Å². The van der Waals surface area contributed by atoms with Gasteiger partial charge in [-0.1, -0.05) is 0 Å². The van der Waals surface area contributed by atoms with Gasteiger partial charge in [0.05, 0.1) is 13.2 Å². The van der Waals surface area contributed by atoms with Gasteiger partial charge in [0.1, 0.15) is 0 Å². The van der Waals surface area contributed by atoms with Crippen LogP contribution in [0.3, 0.4) is 0 Å². The molecule has 22 heavy (non-hydrogen) atoms. The minimum Gasteiger partial charge on any atom is -0.395 e. The number of aliphatic hydroxyl groups is 2. The van der Waals surface area contributed by atoms with E-state index in [4.69, 9.17) is 10.2 Å². The van der Waals surface area contributed by atoms with Crippen molar-refractivity contribution < 1.29 is 24.6 Å². The molecule has 1 aromatic carbocycles. The molecule has 0 saturated heterocycles. The lowest BCUT2D eigenvalue weighted by Crippen LogP contribution is -2.42. The number of aliphatic hydroxyl groups excluding tert-OH is 2. The number of nitrogens with one attached hydrogen (secondary N) is 2. The lowest BCUT2D eigenvalue weighted by Gasteiger charge is -2.19. The standard InChI is InChI=1S/C14H19N3O5/c1-10(20)15-11-2-4-12(5-3-11)16-13(21)14(22)17(6-8-18)7-9-19/h2-5,18-19H,6-9H2,1H3,(H,15,20)(H,16,21). The molecule has 0 aromatic heterocycles. The topological polar surface area (TPSA) is 119 Å². The molecule has 8 nitrogen and oxygen atoms in total. The molecule has 3 amide bonds. The van der Waals surface area contributed by atoms with E-state index >= 15 is 0 Å². The molecule has 8 heteroatoms. The Morgan fingerprint density at radius 3 is 1.82 bits per heavy atom. The predicted molar refractivity (Wildman–Crippen MR) is 80.1 cm³/mol. The molecule has 0 radical (unpaired) electrons. The van der Waals surface area contributed by atoms with E-state index in [1.54, 1.807) is 24.3 Å². The summed E-state index contributed by atoms with van der Waals surface area (Å²) in [4.78, 5) is 35.7. The lowest BCUT2D eigenvalue weighted by atomic mass is 10.2. The minimum absolute atomic E-state index is 0.0334. The summed E-state index contributed by atoms with van der Waals surface area (Å²) in [6.45, 7) is 0.711. The van der Waals surface area contributed by atoms with Crippen LogP contribution in [0.5, 0.6) is 0 Å². The Morgan fingerprint density at radius 2 is 1.41 bits per heavy atom. The summed E-state index contributed by atoms with van der Waals surface area (Å²) in [5.41, 5.74) is 0.958. The van der Waals surface area contributed by atoms with Crippen molar-refractivity contribution in [2.45, 2.75) is 6.92 Å². The van der Waals surface area contributed by atoms with Gasteiger partial charge in [-0.15, -0.1) is 0 Å². The van der Waals surface area contributed by atoms with Crippen LogP contribution in [0.25, 0.3) is 0 Å². The van der Waals surface area contributed by atoms with Gasteiger partial charge in [0.2, 0.25) is 5.91 Å². The Labute approximate surface area is 127 Å². The molecule has 4 N–H and O–H groups in total. The Balaban J connectivity index is 2.66. The van der Waals surface area contributed by atoms with Gasteiger partial charge in [-0.05, 0) is 24.3 Å². The summed E-state index contributed by atoms with van der Waals surface area (Å²) < 4.78 is 0. The van der Waals surface area contributed by atoms with Crippen LogP contribution in [0.1, 0.15) is 6.92 Å². The largest absolute Gasteiger partial charge is 0.395 e. The zero-order valence-corrected chi connectivity index (χ0v) is 12.2. The normalized spacial score (nSPS) is 9.95. The van der Waals surface area contributed by atoms with Gasteiger partial charge < -0.3 is 25.7 Å². The van der Waals surface area contributed by atoms with Crippen LogP contribution in [0, 0.1) is 0 Å². The molecule has 120 valence electrons. The lowest BCUT2D eigenvalue weighted by molar-refractivity contribution is -0.143. The SMILES string of the molecule is CC(=O)Nc1ccc(NC(=O)C(=O)N(CCO)CCO)cc1. The molecule has 0 fully saturated rings. The molecule has 0 unspecified atom stereocenters. The van der Waals surface area contributed by atoms with Gasteiger partial charge in [-0.2, -0.15) is 0 Å². The summed E-state index contributed by atoms with van der Waals surface area (Å²) in [6, 6.07) is 6.25. The van der Waals surface area contributed by atoms with E-state index in [0.717, 1.165) is 4.90 Å². The van der Waals surface area contributed by atoms with Crippen molar-refractivity contribution in [3.63, 3.8) is 0 Å². The maximum absolute atomic E-state index is 11.9. The fourth-order valence-electron chi connectivity index (χ4n) is 1.72. The highest BCUT2D eigenvalue weighted by Gasteiger charge is 2.21. The number of rotatable bonds is 6. The number of benzene rings is 1. The fraction of sp³-hybridized carbons (Fsp3) is 0.357. The van der Waals surface area contributed by atoms with Crippen molar-refractivity contribution in [3.05, 3.63) is 24.3 Å². The van der Waals surface area contributed by atoms with Crippen LogP contribution in [-0.4, -0.2) is 59.1 Å². The number of anilines is 2. The van der Waals surface area contributed by atoms with Crippen molar-refractivity contribution in [3.8, 4) is 0 Å². The Morgan fingerprint density at radius 1 is 0.955 bits per heavy atom. The van der Waals surface area contributed by atoms with Gasteiger partial charge in [-0.25, -0.2) is 0 Å². The van der Waals surface area contributed by atoms with Crippen LogP contribution in [0.2, 0.25) is 0 Å². The van der Waals surface area contributed by atoms with E-state index in [0.29, 0.717) is 11.4 Å². The number of hydrogen-bond acceptors (Lipinski definition) is 5. The quantitative estimate of drug-likeness (QED) is 0.523. The maximum Gasteiger partial charge on any atom is 0.313 e. The third-order valence-electron chi connectivity index (χ3n) is 2.68. The molecule has 0 atom stereocenters. The zero-order valence-electron chi connectivity index (χ0n) is 12.2. The molecule has 0 heterocycles. The molecule has 1 aromatic rings. The van der Waals surface area contributed by atoms with E-state index in [1.807, 2.05) is 0 Å². The highest BCUT2D eigenvalue weighted by atomic mass is 16.3. The van der Waals surface area contributed by atoms with Crippen molar-refractivity contribution in [2.75, 3.05) is 36.9 Å². The van der Waals surface area contributed by atoms with Crippen LogP contribution in [0.4, 0.5) is 11.4 Å². The molecule has 0 aliphatic carbocycles. The first kappa shape index (κ1) is 17.6. The molecule has 0 aliphatic rings. The van der Waals surface area contributed by atoms with Gasteiger partial charge in [0.25, 0.3) is 0 Å². The van der Waals surface area contributed by atoms with Gasteiger partial charge in [0.15, 0.2) is 0 Å². The fourth-order valence-corrected chi connectivity index (χ4v) is 1.72. The third kappa shape index (κ3) is 5.51. The molecule has 0 aliphatic heterocycles. The van der Waals surface area contributed by atoms with Crippen molar-refractivity contribution in [1.29, 1.82) is 0 Å². The highest BCUT2D eigenvalue weighted by molar-refractivity contribution is 6.39. The first-order valence-corrected chi connectivity index (χ1v) is 6.67. The smallest absolute Gasteiger partial charge is 0.313 e. The number of carbonyl (C=O) groups is 3. The monoisotopic (exact) mass is 309 g/mol. The van der Waals surface area contributed by atoms with Crippen LogP contribution >= 0.6 is 0 Å². The summed E-state index contributed by atoms with van der Waals surface area (Å²) in [5, 5.41) is 22.7. The maximum atomic E-state index is 11.9. The molecule has 0 bridgehead atoms. The summed E-state index contributed by atoms with van der Waals surface area (Å²) >= 11 is 0. The third-order valence-corrected chi connectivity index (χ3v) is 2.68. The number of hydrogen-bond donors (Lipinski definition) is 4. The van der Waals surface area contributed by atoms with E-state index in [1.165, 1.54) is 6.92 Å². The van der Waals surface area contributed by atoms with Crippen molar-refractivity contribution in [1.82, 2.24) is 4.90 Å². The van der Waals surface area contributed by atoms with E-state index in [9.17, 15) is 14.4 Å². The second kappa shape index (κ2) is 8.75. The Kier molecular flexibility index (Phi) is 7.00. The van der Waals surface area contributed by atoms with Crippen LogP contribution in [-0.2, 0) is 14.4 Å². The Bertz CT molecular complexity index is 524. The van der Waals surface area contributed by atoms with Crippen LogP contribution < -0.4 is 10.6 Å². The minimum atomic E-state index is -0.867. The molecular formula is C14H19N3O5. The molecule has 0 spiro atoms. The second-order valence-corrected chi connectivity index (χ2v) is 4.45. The second-order valence-electron chi connectivity index (χ2n) is 4.45. The summed E-state index contributed by atoms with van der Waals surface area (Å²) in [7, 11) is 0. The summed E-state index contributed by atoms with van der Waals surface area (Å²) in [5.74, 6) is -1.92. The van der Waals surface area contributed by atoms with Gasteiger partial charge in [0, 0.05) is 31.4 Å². The first-order valence-electron chi connectivity index (χ1n) is 6.67. The average Bonchev–Trinajstić information content (AvgIpc) is 2.47. The number of carbonyl (C=O) groups excluding carboxylic acids is 3. The molecule has 0 saturated carbocycles. The first-order chi connectivity index (χ1) is 10.5. The zero-order chi connectivity index (χ0) is 16.5. The van der Waals surface area contributed by atoms with E-state index in [2.05, 4.69) is 10.6 Å². The molecular weight excluding hydrogens is 290 g/mol. The van der Waals surface area contributed by atoms with E-state index < -0.39 is 11.8 Å². The predicted octanol–water partition coefficient (Wildman–Crippen LogP) is -0.603. The Hall–Kier alpha value is -2.45. The van der Waals surface area contributed by atoms with Crippen molar-refractivity contribution in [2.24, 2.45) is 0 Å². The number of amides is 3. The highest BCUT2D eigenvalue weighted by Crippen LogP contribution is 2.13. The summed E-state index contributed by atoms with van der Waals surface area (Å²) in [6.07, 6.45) is 0. The average molecular weight is 309 g/mol. The number of nitrogens with zero attached hydrogens (tertiary/aromatic N) is 1. The van der Waals surface area contributed by atoms with E-state index in [-0.39, 0.29) is 32.2 Å². The van der Waals surface area contributed by atoms with Crippen molar-refractivity contribution >= 4 is 29.1 Å². The van der Waals surface area contributed by atoms with Gasteiger partial charge in [-0.3, -0.25) is 14.4 Å². The molecule has 1 rings (SSSR count). The van der Waals surface area contributed by atoms with Crippen LogP contribution in [0.15, 0.2) is 24.3 Å².